The molecular formula is C25H29ClN6O. The first kappa shape index (κ1) is 23.0. The zero-order valence-electron chi connectivity index (χ0n) is 19.2. The second kappa shape index (κ2) is 10.2. The van der Waals surface area contributed by atoms with Crippen molar-refractivity contribution in [1.82, 2.24) is 20.2 Å². The highest BCUT2D eigenvalue weighted by molar-refractivity contribution is 6.33. The van der Waals surface area contributed by atoms with E-state index in [4.69, 9.17) is 11.6 Å². The number of aromatic nitrogens is 2. The molecule has 0 aliphatic carbocycles. The number of nitrogens with zero attached hydrogens (tertiary/aromatic N) is 3. The van der Waals surface area contributed by atoms with Crippen molar-refractivity contribution in [3.05, 3.63) is 70.4 Å². The molecule has 0 radical (unpaired) electrons. The summed E-state index contributed by atoms with van der Waals surface area (Å²) < 4.78 is 0. The number of halogens is 1. The highest BCUT2D eigenvalue weighted by atomic mass is 35.5. The lowest BCUT2D eigenvalue weighted by Crippen LogP contribution is -2.32. The maximum atomic E-state index is 12.2. The predicted molar refractivity (Wildman–Crippen MR) is 134 cm³/mol. The van der Waals surface area contributed by atoms with E-state index in [1.807, 2.05) is 18.2 Å². The Morgan fingerprint density at radius 3 is 2.58 bits per heavy atom. The summed E-state index contributed by atoms with van der Waals surface area (Å²) in [6.45, 7) is 6.65. The molecule has 2 heterocycles. The molecule has 0 saturated carbocycles. The average molecular weight is 465 g/mol. The van der Waals surface area contributed by atoms with Crippen molar-refractivity contribution in [2.75, 3.05) is 30.8 Å². The van der Waals surface area contributed by atoms with E-state index in [0.717, 1.165) is 31.6 Å². The maximum Gasteiger partial charge on any atom is 0.253 e. The van der Waals surface area contributed by atoms with Gasteiger partial charge in [-0.3, -0.25) is 4.79 Å². The first-order chi connectivity index (χ1) is 15.9. The molecular weight excluding hydrogens is 436 g/mol. The summed E-state index contributed by atoms with van der Waals surface area (Å²) in [6.07, 6.45) is 3.63. The number of amides is 1. The third-order valence-corrected chi connectivity index (χ3v) is 6.20. The molecule has 3 aromatic rings. The van der Waals surface area contributed by atoms with E-state index in [1.165, 1.54) is 11.1 Å². The molecule has 0 unspecified atom stereocenters. The molecule has 3 N–H and O–H groups in total. The number of rotatable bonds is 6. The van der Waals surface area contributed by atoms with E-state index in [1.54, 1.807) is 19.3 Å². The van der Waals surface area contributed by atoms with Gasteiger partial charge in [0.05, 0.1) is 17.4 Å². The zero-order valence-corrected chi connectivity index (χ0v) is 19.9. The highest BCUT2D eigenvalue weighted by Crippen LogP contribution is 2.28. The second-order valence-corrected chi connectivity index (χ2v) is 8.79. The Bertz CT molecular complexity index is 1150. The number of para-hydroxylation sites is 1. The summed E-state index contributed by atoms with van der Waals surface area (Å²) in [5.74, 6) is 0.659. The molecule has 0 spiro atoms. The zero-order chi connectivity index (χ0) is 23.4. The van der Waals surface area contributed by atoms with Crippen molar-refractivity contribution >= 4 is 40.6 Å². The summed E-state index contributed by atoms with van der Waals surface area (Å²) in [7, 11) is 1.60. The quantitative estimate of drug-likeness (QED) is 0.486. The normalized spacial score (nSPS) is 13.8. The van der Waals surface area contributed by atoms with Gasteiger partial charge in [0.25, 0.3) is 5.91 Å². The molecule has 8 heteroatoms. The highest BCUT2D eigenvalue weighted by Gasteiger charge is 2.17. The Morgan fingerprint density at radius 1 is 1.06 bits per heavy atom. The Balaban J connectivity index is 1.54. The van der Waals surface area contributed by atoms with Gasteiger partial charge in [-0.1, -0.05) is 29.8 Å². The van der Waals surface area contributed by atoms with Gasteiger partial charge in [0.1, 0.15) is 5.02 Å². The average Bonchev–Trinajstić information content (AvgIpc) is 3.03. The fourth-order valence-corrected chi connectivity index (χ4v) is 4.17. The molecule has 7 nitrogen and oxygen atoms in total. The summed E-state index contributed by atoms with van der Waals surface area (Å²) in [6, 6.07) is 14.2. The fourth-order valence-electron chi connectivity index (χ4n) is 4.03. The third-order valence-electron chi connectivity index (χ3n) is 5.93. The van der Waals surface area contributed by atoms with E-state index >= 15 is 0 Å². The standard InChI is InChI=1S/C25H29ClN6O/c1-16(2)32-12-10-17-8-9-19(14-18(17)11-13-32)29-25-28-15-21(26)23(31-25)30-22-7-5-4-6-20(22)24(33)27-3/h4-9,14-16H,10-13H2,1-3H3,(H,27,33)(H2,28,29,30,31). The van der Waals surface area contributed by atoms with Crippen LogP contribution in [-0.2, 0) is 12.8 Å². The largest absolute Gasteiger partial charge is 0.355 e. The molecule has 1 aliphatic heterocycles. The van der Waals surface area contributed by atoms with Crippen molar-refractivity contribution < 1.29 is 4.79 Å². The first-order valence-electron chi connectivity index (χ1n) is 11.2. The van der Waals surface area contributed by atoms with E-state index in [9.17, 15) is 4.79 Å². The van der Waals surface area contributed by atoms with Crippen molar-refractivity contribution in [3.63, 3.8) is 0 Å². The van der Waals surface area contributed by atoms with Crippen LogP contribution >= 0.6 is 11.6 Å². The van der Waals surface area contributed by atoms with Gasteiger partial charge in [0.15, 0.2) is 5.82 Å². The lowest BCUT2D eigenvalue weighted by molar-refractivity contribution is 0.0964. The monoisotopic (exact) mass is 464 g/mol. The predicted octanol–water partition coefficient (Wildman–Crippen LogP) is 4.79. The number of hydrogen-bond acceptors (Lipinski definition) is 6. The van der Waals surface area contributed by atoms with Gasteiger partial charge in [0, 0.05) is 31.9 Å². The van der Waals surface area contributed by atoms with Crippen molar-refractivity contribution in [2.24, 2.45) is 0 Å². The summed E-state index contributed by atoms with van der Waals surface area (Å²) in [4.78, 5) is 23.6. The van der Waals surface area contributed by atoms with E-state index < -0.39 is 0 Å². The Kier molecular flexibility index (Phi) is 7.11. The molecule has 1 aromatic heterocycles. The Labute approximate surface area is 199 Å². The van der Waals surface area contributed by atoms with E-state index in [0.29, 0.717) is 34.1 Å². The van der Waals surface area contributed by atoms with Gasteiger partial charge in [-0.05, 0) is 62.1 Å². The minimum atomic E-state index is -0.192. The lowest BCUT2D eigenvalue weighted by Gasteiger charge is -2.23. The van der Waals surface area contributed by atoms with Gasteiger partial charge >= 0.3 is 0 Å². The van der Waals surface area contributed by atoms with Crippen LogP contribution in [-0.4, -0.2) is 47.0 Å². The molecule has 0 fully saturated rings. The smallest absolute Gasteiger partial charge is 0.253 e. The van der Waals surface area contributed by atoms with Crippen LogP contribution < -0.4 is 16.0 Å². The molecule has 1 amide bonds. The number of fused-ring (bicyclic) bond motifs is 1. The first-order valence-corrected chi connectivity index (χ1v) is 11.6. The number of carbonyl (C=O) groups is 1. The molecule has 0 atom stereocenters. The molecule has 172 valence electrons. The minimum absolute atomic E-state index is 0.192. The minimum Gasteiger partial charge on any atom is -0.355 e. The van der Waals surface area contributed by atoms with Gasteiger partial charge < -0.3 is 20.9 Å². The van der Waals surface area contributed by atoms with Crippen LogP contribution in [0.25, 0.3) is 0 Å². The fraction of sp³-hybridized carbons (Fsp3) is 0.320. The number of nitrogens with one attached hydrogen (secondary N) is 3. The van der Waals surface area contributed by atoms with Crippen LogP contribution in [0.4, 0.5) is 23.1 Å². The number of hydrogen-bond donors (Lipinski definition) is 3. The van der Waals surface area contributed by atoms with Crippen LogP contribution in [0.3, 0.4) is 0 Å². The lowest BCUT2D eigenvalue weighted by atomic mass is 10.0. The van der Waals surface area contributed by atoms with Crippen molar-refractivity contribution in [1.29, 1.82) is 0 Å². The molecule has 4 rings (SSSR count). The topological polar surface area (TPSA) is 82.2 Å². The molecule has 2 aromatic carbocycles. The van der Waals surface area contributed by atoms with Crippen LogP contribution in [0.15, 0.2) is 48.7 Å². The van der Waals surface area contributed by atoms with Gasteiger partial charge in [0.2, 0.25) is 5.95 Å². The number of anilines is 4. The summed E-state index contributed by atoms with van der Waals surface area (Å²) >= 11 is 6.35. The van der Waals surface area contributed by atoms with Crippen molar-refractivity contribution in [2.45, 2.75) is 32.7 Å². The van der Waals surface area contributed by atoms with Crippen LogP contribution in [0.5, 0.6) is 0 Å². The molecule has 1 aliphatic rings. The Morgan fingerprint density at radius 2 is 1.82 bits per heavy atom. The molecule has 0 saturated heterocycles. The number of benzene rings is 2. The van der Waals surface area contributed by atoms with Crippen LogP contribution in [0.2, 0.25) is 5.02 Å². The van der Waals surface area contributed by atoms with E-state index in [2.05, 4.69) is 62.9 Å². The molecule has 33 heavy (non-hydrogen) atoms. The molecule has 0 bridgehead atoms. The Hall–Kier alpha value is -3.16. The van der Waals surface area contributed by atoms with E-state index in [-0.39, 0.29) is 5.91 Å². The van der Waals surface area contributed by atoms with Gasteiger partial charge in [-0.2, -0.15) is 4.98 Å². The van der Waals surface area contributed by atoms with Crippen molar-refractivity contribution in [3.8, 4) is 0 Å². The second-order valence-electron chi connectivity index (χ2n) is 8.38. The number of carbonyl (C=O) groups excluding carboxylic acids is 1. The SMILES string of the molecule is CNC(=O)c1ccccc1Nc1nc(Nc2ccc3c(c2)CCN(C(C)C)CC3)ncc1Cl. The van der Waals surface area contributed by atoms with Gasteiger partial charge in [-0.25, -0.2) is 4.98 Å². The summed E-state index contributed by atoms with van der Waals surface area (Å²) in [5, 5.41) is 9.47. The maximum absolute atomic E-state index is 12.2. The summed E-state index contributed by atoms with van der Waals surface area (Å²) in [5.41, 5.74) is 4.81. The third kappa shape index (κ3) is 5.43. The van der Waals surface area contributed by atoms with Crippen LogP contribution in [0, 0.1) is 0 Å². The van der Waals surface area contributed by atoms with Gasteiger partial charge in [-0.15, -0.1) is 0 Å². The van der Waals surface area contributed by atoms with Crippen LogP contribution in [0.1, 0.15) is 35.3 Å².